The monoisotopic (exact) mass is 293 g/mol. The van der Waals surface area contributed by atoms with Gasteiger partial charge in [0.2, 0.25) is 0 Å². The molecule has 0 spiro atoms. The van der Waals surface area contributed by atoms with Crippen molar-refractivity contribution >= 4 is 44.5 Å². The Labute approximate surface area is 99.2 Å². The van der Waals surface area contributed by atoms with Crippen molar-refractivity contribution in [3.63, 3.8) is 0 Å². The number of nitrogens with zero attached hydrogens (tertiary/aromatic N) is 1. The molecule has 0 aliphatic rings. The number of halogens is 1. The molecule has 14 heavy (non-hydrogen) atoms. The van der Waals surface area contributed by atoms with E-state index in [1.807, 2.05) is 32.2 Å². The summed E-state index contributed by atoms with van der Waals surface area (Å²) in [5.41, 5.74) is 0. The predicted molar refractivity (Wildman–Crippen MR) is 67.5 cm³/mol. The van der Waals surface area contributed by atoms with Crippen LogP contribution in [-0.4, -0.2) is 15.2 Å². The Balaban J connectivity index is 2.70. The summed E-state index contributed by atoms with van der Waals surface area (Å²) < 4.78 is 16.3. The summed E-state index contributed by atoms with van der Waals surface area (Å²) in [5.74, 6) is 0. The van der Waals surface area contributed by atoms with E-state index < -0.39 is 11.0 Å². The molecule has 0 saturated heterocycles. The number of hydrogen-bond donors (Lipinski definition) is 0. The highest BCUT2D eigenvalue weighted by atomic mass is 79.9. The molecule has 1 rings (SSSR count). The topological polar surface area (TPSA) is 29.4 Å². The Morgan fingerprint density at radius 3 is 2.64 bits per heavy atom. The van der Waals surface area contributed by atoms with E-state index in [4.69, 9.17) is 0 Å². The normalized spacial score (nSPS) is 14.9. The lowest BCUT2D eigenvalue weighted by Gasteiger charge is -2.12. The van der Waals surface area contributed by atoms with Gasteiger partial charge in [0.1, 0.15) is 11.0 Å². The molecule has 0 bridgehead atoms. The standard InChI is InChI=1S/C9H12BrNOS2/c1-9(2,3)14(12)11-5-8-4-7(10)6-13-8/h4-6H,1-3H3/t14-/m1/s1. The first-order valence-electron chi connectivity index (χ1n) is 4.10. The van der Waals surface area contributed by atoms with E-state index in [0.717, 1.165) is 9.35 Å². The van der Waals surface area contributed by atoms with Gasteiger partial charge in [-0.2, -0.15) is 4.40 Å². The van der Waals surface area contributed by atoms with Gasteiger partial charge < -0.3 is 0 Å². The smallest absolute Gasteiger partial charge is 0.144 e. The first kappa shape index (κ1) is 12.1. The van der Waals surface area contributed by atoms with Crippen molar-refractivity contribution in [2.45, 2.75) is 25.5 Å². The number of rotatable bonds is 2. The third-order valence-corrected chi connectivity index (χ3v) is 4.36. The van der Waals surface area contributed by atoms with Crippen molar-refractivity contribution in [2.75, 3.05) is 0 Å². The van der Waals surface area contributed by atoms with Gasteiger partial charge in [-0.05, 0) is 42.8 Å². The van der Waals surface area contributed by atoms with E-state index in [1.165, 1.54) is 0 Å². The summed E-state index contributed by atoms with van der Waals surface area (Å²) in [6.45, 7) is 5.72. The predicted octanol–water partition coefficient (Wildman–Crippen LogP) is 3.39. The average Bonchev–Trinajstić information content (AvgIpc) is 2.45. The molecule has 0 N–H and O–H groups in total. The molecule has 1 aromatic heterocycles. The molecule has 5 heteroatoms. The first-order chi connectivity index (χ1) is 6.39. The second-order valence-corrected chi connectivity index (χ2v) is 7.56. The zero-order valence-corrected chi connectivity index (χ0v) is 11.5. The van der Waals surface area contributed by atoms with Crippen molar-refractivity contribution in [1.29, 1.82) is 0 Å². The van der Waals surface area contributed by atoms with Gasteiger partial charge in [-0.15, -0.1) is 11.3 Å². The van der Waals surface area contributed by atoms with Crippen molar-refractivity contribution in [1.82, 2.24) is 0 Å². The largest absolute Gasteiger partial charge is 0.234 e. The Hall–Kier alpha value is -0.0000000000000000833. The number of hydrogen-bond acceptors (Lipinski definition) is 2. The van der Waals surface area contributed by atoms with E-state index in [0.29, 0.717) is 0 Å². The molecule has 0 fully saturated rings. The molecule has 0 aromatic carbocycles. The molecule has 1 heterocycles. The van der Waals surface area contributed by atoms with E-state index >= 15 is 0 Å². The summed E-state index contributed by atoms with van der Waals surface area (Å²) in [4.78, 5) is 1.01. The van der Waals surface area contributed by atoms with Crippen LogP contribution in [0.3, 0.4) is 0 Å². The Morgan fingerprint density at radius 2 is 2.21 bits per heavy atom. The van der Waals surface area contributed by atoms with Crippen molar-refractivity contribution in [3.8, 4) is 0 Å². The Kier molecular flexibility index (Phi) is 4.04. The van der Waals surface area contributed by atoms with E-state index in [1.54, 1.807) is 17.6 Å². The first-order valence-corrected chi connectivity index (χ1v) is 6.87. The maximum atomic E-state index is 11.6. The molecule has 1 atom stereocenters. The highest BCUT2D eigenvalue weighted by Gasteiger charge is 2.18. The van der Waals surface area contributed by atoms with Crippen LogP contribution in [0.25, 0.3) is 0 Å². The van der Waals surface area contributed by atoms with Gasteiger partial charge in [-0.1, -0.05) is 0 Å². The molecular formula is C9H12BrNOS2. The SMILES string of the molecule is CC(C)(C)[S@@](=O)N=Cc1cc(Br)cs1. The third-order valence-electron chi connectivity index (χ3n) is 1.39. The van der Waals surface area contributed by atoms with E-state index in [9.17, 15) is 4.21 Å². The zero-order valence-electron chi connectivity index (χ0n) is 8.28. The average molecular weight is 294 g/mol. The van der Waals surface area contributed by atoms with Gasteiger partial charge in [0.15, 0.2) is 0 Å². The second kappa shape index (κ2) is 4.68. The molecule has 0 aliphatic carbocycles. The molecule has 0 saturated carbocycles. The van der Waals surface area contributed by atoms with Crippen molar-refractivity contribution < 1.29 is 4.21 Å². The van der Waals surface area contributed by atoms with Gasteiger partial charge in [0.05, 0.1) is 11.0 Å². The van der Waals surface area contributed by atoms with Gasteiger partial charge in [0.25, 0.3) is 0 Å². The molecule has 1 aromatic rings. The summed E-state index contributed by atoms with van der Waals surface area (Å²) in [6.07, 6.45) is 1.66. The van der Waals surface area contributed by atoms with Gasteiger partial charge in [-0.25, -0.2) is 4.21 Å². The van der Waals surface area contributed by atoms with Crippen LogP contribution in [-0.2, 0) is 11.0 Å². The fourth-order valence-corrected chi connectivity index (χ4v) is 2.55. The minimum atomic E-state index is -1.17. The van der Waals surface area contributed by atoms with Crippen LogP contribution < -0.4 is 0 Å². The molecule has 0 unspecified atom stereocenters. The van der Waals surface area contributed by atoms with Crippen LogP contribution in [0.1, 0.15) is 25.6 Å². The van der Waals surface area contributed by atoms with E-state index in [2.05, 4.69) is 20.3 Å². The van der Waals surface area contributed by atoms with Crippen LogP contribution in [0, 0.1) is 0 Å². The molecule has 0 radical (unpaired) electrons. The van der Waals surface area contributed by atoms with Crippen LogP contribution >= 0.6 is 27.3 Å². The van der Waals surface area contributed by atoms with Crippen LogP contribution in [0.15, 0.2) is 20.3 Å². The molecular weight excluding hydrogens is 282 g/mol. The fourth-order valence-electron chi connectivity index (χ4n) is 0.654. The molecule has 0 amide bonds. The summed E-state index contributed by atoms with van der Waals surface area (Å²) in [5, 5.41) is 1.97. The molecule has 0 aliphatic heterocycles. The summed E-state index contributed by atoms with van der Waals surface area (Å²) >= 11 is 4.92. The van der Waals surface area contributed by atoms with Crippen molar-refractivity contribution in [3.05, 3.63) is 20.8 Å². The van der Waals surface area contributed by atoms with Gasteiger partial charge in [-0.3, -0.25) is 0 Å². The van der Waals surface area contributed by atoms with Crippen LogP contribution in [0.2, 0.25) is 0 Å². The molecule has 2 nitrogen and oxygen atoms in total. The van der Waals surface area contributed by atoms with E-state index in [-0.39, 0.29) is 4.75 Å². The minimum Gasteiger partial charge on any atom is -0.234 e. The summed E-state index contributed by atoms with van der Waals surface area (Å²) in [6, 6.07) is 1.95. The highest BCUT2D eigenvalue weighted by Crippen LogP contribution is 2.19. The Morgan fingerprint density at radius 1 is 1.57 bits per heavy atom. The maximum Gasteiger partial charge on any atom is 0.144 e. The third kappa shape index (κ3) is 3.63. The number of thiophene rings is 1. The lowest BCUT2D eigenvalue weighted by molar-refractivity contribution is 0.651. The van der Waals surface area contributed by atoms with Gasteiger partial charge in [0, 0.05) is 14.7 Å². The quantitative estimate of drug-likeness (QED) is 0.769. The minimum absolute atomic E-state index is 0.287. The second-order valence-electron chi connectivity index (χ2n) is 3.76. The lowest BCUT2D eigenvalue weighted by atomic mass is 10.3. The van der Waals surface area contributed by atoms with Crippen LogP contribution in [0.4, 0.5) is 0 Å². The maximum absolute atomic E-state index is 11.6. The highest BCUT2D eigenvalue weighted by molar-refractivity contribution is 9.10. The van der Waals surface area contributed by atoms with Crippen molar-refractivity contribution in [2.24, 2.45) is 4.40 Å². The summed E-state index contributed by atoms with van der Waals surface area (Å²) in [7, 11) is -1.17. The van der Waals surface area contributed by atoms with Crippen LogP contribution in [0.5, 0.6) is 0 Å². The fraction of sp³-hybridized carbons (Fsp3) is 0.444. The van der Waals surface area contributed by atoms with Gasteiger partial charge >= 0.3 is 0 Å². The zero-order chi connectivity index (χ0) is 10.8. The molecule has 78 valence electrons. The Bertz CT molecular complexity index is 365. The lowest BCUT2D eigenvalue weighted by Crippen LogP contribution is -2.19.